The van der Waals surface area contributed by atoms with Crippen molar-refractivity contribution in [2.45, 2.75) is 6.54 Å². The first-order chi connectivity index (χ1) is 8.83. The third kappa shape index (κ3) is 1.19. The molecule has 3 aromatic rings. The Labute approximate surface area is 104 Å². The summed E-state index contributed by atoms with van der Waals surface area (Å²) in [5.74, 6) is 0.0204. The summed E-state index contributed by atoms with van der Waals surface area (Å²) >= 11 is 0. The molecule has 0 saturated carbocycles. The highest BCUT2D eigenvalue weighted by Crippen LogP contribution is 2.24. The molecule has 0 N–H and O–H groups in total. The van der Waals surface area contributed by atoms with E-state index in [0.717, 1.165) is 28.7 Å². The highest BCUT2D eigenvalue weighted by molar-refractivity contribution is 6.09. The van der Waals surface area contributed by atoms with Crippen LogP contribution in [0, 0.1) is 0 Å². The number of pyridine rings is 1. The molecule has 0 spiro atoms. The number of para-hydroxylation sites is 1. The minimum Gasteiger partial charge on any atom is -0.340 e. The summed E-state index contributed by atoms with van der Waals surface area (Å²) in [7, 11) is 0. The molecule has 1 aromatic carbocycles. The van der Waals surface area contributed by atoms with Crippen LogP contribution in [0.2, 0.25) is 0 Å². The monoisotopic (exact) mass is 234 g/mol. The summed E-state index contributed by atoms with van der Waals surface area (Å²) in [6.45, 7) is 0.723. The average Bonchev–Trinajstić information content (AvgIpc) is 2.86. The lowest BCUT2D eigenvalue weighted by atomic mass is 10.0. The van der Waals surface area contributed by atoms with E-state index in [1.54, 1.807) is 0 Å². The van der Waals surface area contributed by atoms with Crippen molar-refractivity contribution < 1.29 is 4.79 Å². The maximum atomic E-state index is 12.3. The van der Waals surface area contributed by atoms with Crippen LogP contribution in [0.1, 0.15) is 21.7 Å². The van der Waals surface area contributed by atoms with Crippen LogP contribution in [0.4, 0.5) is 0 Å². The summed E-state index contributed by atoms with van der Waals surface area (Å²) in [6, 6.07) is 13.7. The van der Waals surface area contributed by atoms with Gasteiger partial charge in [0, 0.05) is 23.7 Å². The first-order valence-corrected chi connectivity index (χ1v) is 5.91. The molecular formula is C15H10N2O. The van der Waals surface area contributed by atoms with Gasteiger partial charge in [-0.15, -0.1) is 0 Å². The van der Waals surface area contributed by atoms with Gasteiger partial charge in [-0.1, -0.05) is 18.2 Å². The summed E-state index contributed by atoms with van der Waals surface area (Å²) in [5.41, 5.74) is 3.21. The average molecular weight is 234 g/mol. The Bertz CT molecular complexity index is 786. The number of rotatable bonds is 0. The molecule has 1 aliphatic heterocycles. The quantitative estimate of drug-likeness (QED) is 0.469. The van der Waals surface area contributed by atoms with Crippen molar-refractivity contribution >= 4 is 16.7 Å². The van der Waals surface area contributed by atoms with Crippen molar-refractivity contribution in [2.24, 2.45) is 0 Å². The van der Waals surface area contributed by atoms with Gasteiger partial charge in [-0.3, -0.25) is 4.79 Å². The van der Waals surface area contributed by atoms with Gasteiger partial charge in [0.1, 0.15) is 5.69 Å². The fourth-order valence-corrected chi connectivity index (χ4v) is 2.54. The van der Waals surface area contributed by atoms with Crippen LogP contribution in [0.3, 0.4) is 0 Å². The second-order valence-electron chi connectivity index (χ2n) is 4.54. The van der Waals surface area contributed by atoms with E-state index in [4.69, 9.17) is 0 Å². The zero-order valence-corrected chi connectivity index (χ0v) is 9.63. The van der Waals surface area contributed by atoms with Gasteiger partial charge >= 0.3 is 0 Å². The van der Waals surface area contributed by atoms with Crippen molar-refractivity contribution in [3.63, 3.8) is 0 Å². The van der Waals surface area contributed by atoms with Crippen LogP contribution in [-0.2, 0) is 6.54 Å². The summed E-state index contributed by atoms with van der Waals surface area (Å²) in [6.07, 6.45) is 1.94. The molecule has 0 saturated heterocycles. The molecule has 0 bridgehead atoms. The first-order valence-electron chi connectivity index (χ1n) is 5.91. The van der Waals surface area contributed by atoms with Crippen molar-refractivity contribution in [3.05, 3.63) is 65.6 Å². The summed E-state index contributed by atoms with van der Waals surface area (Å²) in [5, 5.41) is 1.08. The number of benzene rings is 1. The van der Waals surface area contributed by atoms with Crippen molar-refractivity contribution in [1.82, 2.24) is 9.55 Å². The van der Waals surface area contributed by atoms with E-state index in [1.807, 2.05) is 47.2 Å². The molecule has 0 unspecified atom stereocenters. The van der Waals surface area contributed by atoms with E-state index >= 15 is 0 Å². The number of hydrogen-bond acceptors (Lipinski definition) is 2. The second kappa shape index (κ2) is 3.29. The minimum absolute atomic E-state index is 0.0204. The number of carbonyl (C=O) groups is 1. The third-order valence-electron chi connectivity index (χ3n) is 3.42. The Morgan fingerprint density at radius 3 is 2.94 bits per heavy atom. The van der Waals surface area contributed by atoms with Crippen LogP contribution in [0.25, 0.3) is 10.9 Å². The van der Waals surface area contributed by atoms with Crippen LogP contribution < -0.4 is 0 Å². The fourth-order valence-electron chi connectivity index (χ4n) is 2.54. The first kappa shape index (κ1) is 9.59. The standard InChI is InChI=1S/C15H10N2O/c18-15-13-6-3-7-17(13)9-11-8-10-4-1-2-5-12(10)16-14(11)15/h1-8H,9H2. The number of aromatic nitrogens is 2. The number of carbonyl (C=O) groups excluding carboxylic acids is 1. The van der Waals surface area contributed by atoms with Gasteiger partial charge in [-0.25, -0.2) is 4.98 Å². The maximum absolute atomic E-state index is 12.3. The highest BCUT2D eigenvalue weighted by atomic mass is 16.1. The Balaban J connectivity index is 2.03. The number of nitrogens with zero attached hydrogens (tertiary/aromatic N) is 2. The number of ketones is 1. The Hall–Kier alpha value is -2.42. The number of hydrogen-bond donors (Lipinski definition) is 0. The van der Waals surface area contributed by atoms with E-state index in [1.165, 1.54) is 0 Å². The molecule has 0 aliphatic carbocycles. The molecule has 3 nitrogen and oxygen atoms in total. The van der Waals surface area contributed by atoms with Crippen LogP contribution in [0.15, 0.2) is 48.7 Å². The molecule has 0 atom stereocenters. The van der Waals surface area contributed by atoms with Gasteiger partial charge in [0.2, 0.25) is 5.78 Å². The Morgan fingerprint density at radius 1 is 1.11 bits per heavy atom. The van der Waals surface area contributed by atoms with Crippen LogP contribution in [-0.4, -0.2) is 15.3 Å². The third-order valence-corrected chi connectivity index (χ3v) is 3.42. The predicted molar refractivity (Wildman–Crippen MR) is 68.7 cm³/mol. The van der Waals surface area contributed by atoms with E-state index in [-0.39, 0.29) is 5.78 Å². The van der Waals surface area contributed by atoms with E-state index in [9.17, 15) is 4.79 Å². The lowest BCUT2D eigenvalue weighted by molar-refractivity contribution is 0.102. The van der Waals surface area contributed by atoms with Gasteiger partial charge in [0.15, 0.2) is 0 Å². The van der Waals surface area contributed by atoms with Crippen LogP contribution >= 0.6 is 0 Å². The predicted octanol–water partition coefficient (Wildman–Crippen LogP) is 2.63. The smallest absolute Gasteiger partial charge is 0.228 e. The normalized spacial score (nSPS) is 13.4. The van der Waals surface area contributed by atoms with E-state index < -0.39 is 0 Å². The molecule has 86 valence electrons. The molecule has 2 aromatic heterocycles. The van der Waals surface area contributed by atoms with Gasteiger partial charge in [0.05, 0.1) is 11.2 Å². The number of fused-ring (bicyclic) bond motifs is 3. The van der Waals surface area contributed by atoms with Crippen molar-refractivity contribution in [2.75, 3.05) is 0 Å². The summed E-state index contributed by atoms with van der Waals surface area (Å²) in [4.78, 5) is 16.8. The molecule has 1 aliphatic rings. The highest BCUT2D eigenvalue weighted by Gasteiger charge is 2.24. The zero-order chi connectivity index (χ0) is 12.1. The largest absolute Gasteiger partial charge is 0.340 e. The minimum atomic E-state index is 0.0204. The Morgan fingerprint density at radius 2 is 2.00 bits per heavy atom. The maximum Gasteiger partial charge on any atom is 0.228 e. The lowest BCUT2D eigenvalue weighted by Gasteiger charge is -2.18. The zero-order valence-electron chi connectivity index (χ0n) is 9.63. The van der Waals surface area contributed by atoms with Gasteiger partial charge in [-0.05, 0) is 24.3 Å². The molecule has 0 fully saturated rings. The molecular weight excluding hydrogens is 224 g/mol. The lowest BCUT2D eigenvalue weighted by Crippen LogP contribution is -2.20. The second-order valence-corrected chi connectivity index (χ2v) is 4.54. The van der Waals surface area contributed by atoms with E-state index in [2.05, 4.69) is 11.1 Å². The molecule has 0 radical (unpaired) electrons. The van der Waals surface area contributed by atoms with Gasteiger partial charge < -0.3 is 4.57 Å². The van der Waals surface area contributed by atoms with Crippen molar-refractivity contribution in [3.8, 4) is 0 Å². The topological polar surface area (TPSA) is 34.9 Å². The fraction of sp³-hybridized carbons (Fsp3) is 0.0667. The Kier molecular flexibility index (Phi) is 1.75. The van der Waals surface area contributed by atoms with Crippen LogP contribution in [0.5, 0.6) is 0 Å². The molecule has 3 heterocycles. The molecule has 4 rings (SSSR count). The molecule has 0 amide bonds. The SMILES string of the molecule is O=C1c2nc3ccccc3cc2Cn2cccc21. The molecule has 3 heteroatoms. The molecule has 18 heavy (non-hydrogen) atoms. The van der Waals surface area contributed by atoms with Gasteiger partial charge in [0.25, 0.3) is 0 Å². The van der Waals surface area contributed by atoms with E-state index in [0.29, 0.717) is 5.69 Å². The van der Waals surface area contributed by atoms with Gasteiger partial charge in [-0.2, -0.15) is 0 Å². The summed E-state index contributed by atoms with van der Waals surface area (Å²) < 4.78 is 1.97. The van der Waals surface area contributed by atoms with Crippen molar-refractivity contribution in [1.29, 1.82) is 0 Å².